The summed E-state index contributed by atoms with van der Waals surface area (Å²) >= 11 is 37.0. The molecule has 10 heterocycles. The van der Waals surface area contributed by atoms with Crippen molar-refractivity contribution in [1.82, 2.24) is 53.6 Å². The number of amides is 1. The van der Waals surface area contributed by atoms with Gasteiger partial charge in [-0.15, -0.1) is 0 Å². The van der Waals surface area contributed by atoms with Crippen molar-refractivity contribution < 1.29 is 76.6 Å². The molecule has 122 heavy (non-hydrogen) atoms. The SMILES string of the molecule is C1CCOC1.CN(C)C(=N)N(C)C.COC(=O)/C=C/c1ccc(Cl)cc1.COC(=O)CC(C[N+](=O)[O-])c1ccc(Cl)cc1.COC(=O)c1cnc(C2CCOCC2)n1N.C[N+](=O)[O-].Nn1c(C(=O)O)cnc1C1CCOCC1.O=C1NCCC1c1ccc(Cl)cc1.O=P(Cl)(Cl)Cl.O=c1c2cnc(C3CCOCC3)n2nc2n1CC(c1ccc(Cl)cc1)C2. The number of nitrogens with zero attached hydrogens (tertiary/aromatic N) is 12. The third-order valence-corrected chi connectivity index (χ3v) is 19.8. The number of imidazole rings is 3. The van der Waals surface area contributed by atoms with Crippen LogP contribution in [0.3, 0.4) is 0 Å². The first-order chi connectivity index (χ1) is 57.9. The van der Waals surface area contributed by atoms with Crippen molar-refractivity contribution in [3.05, 3.63) is 229 Å². The molecule has 0 bridgehead atoms. The van der Waals surface area contributed by atoms with Crippen LogP contribution < -0.4 is 22.6 Å². The number of nitrogens with one attached hydrogen (secondary N) is 2. The van der Waals surface area contributed by atoms with Crippen LogP contribution >= 0.6 is 85.3 Å². The normalized spacial score (nSPS) is 16.1. The molecule has 5 saturated heterocycles. The first kappa shape index (κ1) is 103. The number of nitro groups is 2. The third-order valence-electron chi connectivity index (χ3n) is 18.8. The maximum atomic E-state index is 13.0. The van der Waals surface area contributed by atoms with Crippen LogP contribution in [-0.4, -0.2) is 221 Å². The molecule has 14 rings (SSSR count). The molecular formula is C79H102Cl7N16O19P. The fourth-order valence-corrected chi connectivity index (χ4v) is 13.1. The maximum Gasteiger partial charge on any atom is 0.358 e. The second-order valence-electron chi connectivity index (χ2n) is 27.8. The Morgan fingerprint density at radius 2 is 1.07 bits per heavy atom. The summed E-state index contributed by atoms with van der Waals surface area (Å²) in [6, 6.07) is 29.1. The second kappa shape index (κ2) is 53.5. The Balaban J connectivity index is 0.000000251. The Morgan fingerprint density at radius 1 is 0.639 bits per heavy atom. The molecule has 3 atom stereocenters. The number of ether oxygens (including phenoxy) is 7. The van der Waals surface area contributed by atoms with Gasteiger partial charge in [0.05, 0.1) is 58.2 Å². The average molecular weight is 1860 g/mol. The van der Waals surface area contributed by atoms with Gasteiger partial charge in [-0.1, -0.05) is 94.9 Å². The van der Waals surface area contributed by atoms with E-state index in [1.54, 1.807) is 67.6 Å². The molecule has 0 radical (unpaired) electrons. The molecule has 1 amide bonds. The van der Waals surface area contributed by atoms with Crippen molar-refractivity contribution in [1.29, 1.82) is 5.41 Å². The lowest BCUT2D eigenvalue weighted by molar-refractivity contribution is -0.483. The van der Waals surface area contributed by atoms with E-state index in [0.717, 1.165) is 125 Å². The minimum Gasteiger partial charge on any atom is -0.476 e. The molecule has 0 saturated carbocycles. The molecule has 43 heteroatoms. The van der Waals surface area contributed by atoms with Crippen molar-refractivity contribution >= 4 is 133 Å². The minimum atomic E-state index is -3.22. The van der Waals surface area contributed by atoms with E-state index in [0.29, 0.717) is 76.8 Å². The zero-order valence-electron chi connectivity index (χ0n) is 68.6. The lowest BCUT2D eigenvalue weighted by Crippen LogP contribution is -2.34. The van der Waals surface area contributed by atoms with E-state index >= 15 is 0 Å². The summed E-state index contributed by atoms with van der Waals surface area (Å²) in [5, 5.41) is 42.5. The largest absolute Gasteiger partial charge is 0.476 e. The van der Waals surface area contributed by atoms with E-state index in [1.807, 2.05) is 88.9 Å². The standard InChI is InChI=1S/C19H19ClN4O2.C11H12ClNO4.C10H10ClNO.C10H9ClO2.C10H15N3O3.C9H13N3O3.C5H13N3.C4H8O.CH3NO2.Cl3OP/c20-15-3-1-12(2-4-15)14-9-17-22-24-16(19(25)23(17)11-14)10-21-18(24)13-5-7-26-8-6-13;1-17-11(14)6-9(7-13(15)16)8-2-4-10(12)5-3-8;11-8-3-1-7(2-4-8)9-5-6-12-10(9)13;1-13-10(12)7-4-8-2-5-9(11)6-3-8;1-15-10(14)8-6-12-9(13(8)11)7-2-4-16-5-3-7;10-12-7(9(13)14)5-11-8(12)6-1-3-15-4-2-6;1-7(2)5(6)8(3)4;1-2-4-5-3-1;1-2(3)4;1-5(2,3)4/h1-4,10,13-14H,5-9,11H2;2-5,9H,6-7H2,1H3;1-4,9H,5-6H2,(H,12,13);2-7H,1H3;6-7H,2-5,11H2,1H3;5-6H,1-4,10H2,(H,13,14);6H,1-4H3;1-4H2;1H3;/b;;;7-4+;;;;;;. The summed E-state index contributed by atoms with van der Waals surface area (Å²) in [4.78, 5) is 103. The number of carboxylic acids is 1. The van der Waals surface area contributed by atoms with Crippen LogP contribution in [0.5, 0.6) is 0 Å². The fraction of sp³-hybridized carbons (Fsp3) is 0.456. The smallest absolute Gasteiger partial charge is 0.358 e. The molecule has 3 unspecified atom stereocenters. The van der Waals surface area contributed by atoms with Gasteiger partial charge in [-0.05, 0) is 168 Å². The van der Waals surface area contributed by atoms with Crippen molar-refractivity contribution in [3.8, 4) is 0 Å². The van der Waals surface area contributed by atoms with Crippen LogP contribution in [0.15, 0.2) is 127 Å². The second-order valence-corrected chi connectivity index (χ2v) is 36.2. The van der Waals surface area contributed by atoms with E-state index in [9.17, 15) is 43.4 Å². The molecule has 5 fully saturated rings. The molecule has 0 spiro atoms. The van der Waals surface area contributed by atoms with Gasteiger partial charge in [-0.2, -0.15) is 5.10 Å². The summed E-state index contributed by atoms with van der Waals surface area (Å²) in [6.45, 7) is 7.39. The number of methoxy groups -OCH3 is 3. The number of halogens is 7. The van der Waals surface area contributed by atoms with Gasteiger partial charge >= 0.3 is 29.1 Å². The fourth-order valence-electron chi connectivity index (χ4n) is 12.6. The number of aromatic nitrogens is 8. The Labute approximate surface area is 739 Å². The number of carboxylic acid groups (broad SMARTS) is 1. The number of hydrogen-bond acceptors (Lipinski definition) is 25. The minimum absolute atomic E-state index is 0.00253. The average Bonchev–Trinajstić information content (AvgIpc) is 1.60. The Bertz CT molecular complexity index is 4750. The summed E-state index contributed by atoms with van der Waals surface area (Å²) in [7, 11) is 12.2. The number of guanidine groups is 1. The van der Waals surface area contributed by atoms with E-state index < -0.39 is 38.9 Å². The van der Waals surface area contributed by atoms with Gasteiger partial charge in [0.15, 0.2) is 29.9 Å². The highest BCUT2D eigenvalue weighted by atomic mass is 36.0. The van der Waals surface area contributed by atoms with Crippen LogP contribution in [0, 0.1) is 25.6 Å². The summed E-state index contributed by atoms with van der Waals surface area (Å²) in [5.41, 5.74) is 4.72. The predicted molar refractivity (Wildman–Crippen MR) is 467 cm³/mol. The van der Waals surface area contributed by atoms with Crippen LogP contribution in [0.1, 0.15) is 166 Å². The van der Waals surface area contributed by atoms with E-state index in [-0.39, 0.29) is 65.5 Å². The molecule has 666 valence electrons. The Kier molecular flexibility index (Phi) is 45.2. The Morgan fingerprint density at radius 3 is 1.46 bits per heavy atom. The Hall–Kier alpha value is -9.49. The van der Waals surface area contributed by atoms with E-state index in [1.165, 1.54) is 67.6 Å². The number of nitrogen functional groups attached to an aromatic ring is 2. The van der Waals surface area contributed by atoms with Gasteiger partial charge in [0.1, 0.15) is 23.3 Å². The molecular weight excluding hydrogens is 1760 g/mol. The van der Waals surface area contributed by atoms with Gasteiger partial charge in [-0.3, -0.25) is 49.2 Å². The number of hydrogen-bond donors (Lipinski definition) is 5. The summed E-state index contributed by atoms with van der Waals surface area (Å²) in [5.74, 6) is 13.4. The van der Waals surface area contributed by atoms with Crippen molar-refractivity contribution in [3.63, 3.8) is 0 Å². The molecule has 7 N–H and O–H groups in total. The first-order valence-corrected chi connectivity index (χ1v) is 44.1. The van der Waals surface area contributed by atoms with Crippen LogP contribution in [0.25, 0.3) is 11.6 Å². The summed E-state index contributed by atoms with van der Waals surface area (Å²) < 4.78 is 50.0. The number of aromatic carboxylic acids is 1. The zero-order chi connectivity index (χ0) is 90.2. The number of fused-ring (bicyclic) bond motifs is 2. The predicted octanol–water partition coefficient (Wildman–Crippen LogP) is 13.5. The topological polar surface area (TPSA) is 456 Å². The lowest BCUT2D eigenvalue weighted by Gasteiger charge is -2.21. The van der Waals surface area contributed by atoms with Crippen molar-refractivity contribution in [2.75, 3.05) is 134 Å². The number of benzene rings is 4. The lowest BCUT2D eigenvalue weighted by atomic mass is 9.96. The molecule has 6 aliphatic rings. The number of rotatable bonds is 14. The van der Waals surface area contributed by atoms with E-state index in [4.69, 9.17) is 103 Å². The van der Waals surface area contributed by atoms with Gasteiger partial charge in [0, 0.05) is 160 Å². The van der Waals surface area contributed by atoms with Gasteiger partial charge in [0.25, 0.3) is 5.56 Å². The van der Waals surface area contributed by atoms with Crippen molar-refractivity contribution in [2.24, 2.45) is 0 Å². The number of carbonyl (C=O) groups is 5. The highest BCUT2D eigenvalue weighted by Crippen LogP contribution is 2.61. The quantitative estimate of drug-likeness (QED) is 0.00777. The monoisotopic (exact) mass is 1850 g/mol. The molecule has 35 nitrogen and oxygen atoms in total. The summed E-state index contributed by atoms with van der Waals surface area (Å²) in [6.07, 6.45) is 16.9. The molecule has 4 aromatic heterocycles. The highest BCUT2D eigenvalue weighted by Gasteiger charge is 2.31. The molecule has 8 aromatic rings. The molecule has 6 aliphatic heterocycles. The van der Waals surface area contributed by atoms with Crippen LogP contribution in [0.4, 0.5) is 0 Å². The van der Waals surface area contributed by atoms with E-state index in [2.05, 4.69) is 68.2 Å². The zero-order valence-corrected chi connectivity index (χ0v) is 74.7. The van der Waals surface area contributed by atoms with Crippen LogP contribution in [0.2, 0.25) is 20.1 Å². The third kappa shape index (κ3) is 36.1. The van der Waals surface area contributed by atoms with Gasteiger partial charge in [0.2, 0.25) is 12.5 Å². The number of esters is 3. The first-order valence-electron chi connectivity index (χ1n) is 38.1. The van der Waals surface area contributed by atoms with Gasteiger partial charge < -0.3 is 65.1 Å². The molecule has 4 aromatic carbocycles. The van der Waals surface area contributed by atoms with Gasteiger partial charge in [-0.25, -0.2) is 43.2 Å². The number of carbonyl (C=O) groups excluding carboxylic acids is 4. The molecule has 0 aliphatic carbocycles. The number of nitrogens with two attached hydrogens (primary N) is 2. The van der Waals surface area contributed by atoms with Crippen molar-refractivity contribution in [2.45, 2.75) is 113 Å². The maximum absolute atomic E-state index is 13.0. The van der Waals surface area contributed by atoms with Crippen LogP contribution in [-0.2, 0) is 65.1 Å². The highest BCUT2D eigenvalue weighted by molar-refractivity contribution is 8.24.